The number of hydrogen-bond acceptors (Lipinski definition) is 11. The first-order valence-corrected chi connectivity index (χ1v) is 16.3. The predicted molar refractivity (Wildman–Crippen MR) is 172 cm³/mol. The molecule has 218 valence electrons. The lowest BCUT2D eigenvalue weighted by Gasteiger charge is -2.24. The number of benzene rings is 3. The summed E-state index contributed by atoms with van der Waals surface area (Å²) in [5.41, 5.74) is 1.95. The van der Waals surface area contributed by atoms with E-state index in [1.165, 1.54) is 52.5 Å². The second-order valence-corrected chi connectivity index (χ2v) is 13.9. The van der Waals surface area contributed by atoms with Crippen LogP contribution >= 0.6 is 50.4 Å². The minimum Gasteiger partial charge on any atom is -0.503 e. The second kappa shape index (κ2) is 11.7. The van der Waals surface area contributed by atoms with E-state index in [1.54, 1.807) is 19.9 Å². The Labute approximate surface area is 267 Å². The van der Waals surface area contributed by atoms with E-state index in [-0.39, 0.29) is 22.2 Å². The van der Waals surface area contributed by atoms with Gasteiger partial charge in [-0.1, -0.05) is 65.6 Å². The van der Waals surface area contributed by atoms with E-state index >= 15 is 0 Å². The molecule has 1 atom stereocenters. The number of amides is 1. The van der Waals surface area contributed by atoms with E-state index in [1.807, 2.05) is 18.2 Å². The average Bonchev–Trinajstić information content (AvgIpc) is 3.68. The Kier molecular flexibility index (Phi) is 7.98. The van der Waals surface area contributed by atoms with Gasteiger partial charge in [-0.15, -0.1) is 21.5 Å². The number of phenolic OH excluding ortho intramolecular Hbond substituents is 1. The standard InChI is InChI=1S/C30H23BrN4O5S3/c1-14-27(42-15(2)32-14)25(37)22-23(18-11-20(31)24(36)21(12-18)40-3)35(28(39)26(22)38)29-33-34-30(43-29)41-13-17-9-6-8-16-7-4-5-10-19(16)17/h4-12,23,36,38H,13H2,1-3H3. The van der Waals surface area contributed by atoms with Crippen molar-refractivity contribution in [1.82, 2.24) is 15.2 Å². The number of methoxy groups -OCH3 is 1. The number of halogens is 1. The molecule has 0 saturated heterocycles. The van der Waals surface area contributed by atoms with Crippen molar-refractivity contribution in [2.45, 2.75) is 30.0 Å². The van der Waals surface area contributed by atoms with E-state index in [0.717, 1.165) is 16.3 Å². The molecule has 1 amide bonds. The Morgan fingerprint density at radius 2 is 1.86 bits per heavy atom. The average molecular weight is 696 g/mol. The lowest BCUT2D eigenvalue weighted by Crippen LogP contribution is -2.31. The number of Topliss-reactive ketones (excluding diaryl/α,β-unsaturated/α-hetero) is 1. The molecule has 43 heavy (non-hydrogen) atoms. The summed E-state index contributed by atoms with van der Waals surface area (Å²) >= 11 is 7.20. The van der Waals surface area contributed by atoms with Crippen LogP contribution in [0.15, 0.2) is 74.7 Å². The third kappa shape index (κ3) is 5.30. The Bertz CT molecular complexity index is 1950. The number of rotatable bonds is 8. The van der Waals surface area contributed by atoms with Gasteiger partial charge in [-0.05, 0) is 63.8 Å². The molecule has 1 unspecified atom stereocenters. The molecule has 0 radical (unpaired) electrons. The van der Waals surface area contributed by atoms with Crippen LogP contribution in [0.1, 0.15) is 37.5 Å². The zero-order chi connectivity index (χ0) is 30.4. The smallest absolute Gasteiger partial charge is 0.296 e. The summed E-state index contributed by atoms with van der Waals surface area (Å²) in [4.78, 5) is 33.5. The van der Waals surface area contributed by atoms with Gasteiger partial charge in [-0.3, -0.25) is 14.5 Å². The lowest BCUT2D eigenvalue weighted by molar-refractivity contribution is -0.117. The number of phenols is 1. The van der Waals surface area contributed by atoms with Crippen LogP contribution < -0.4 is 9.64 Å². The number of carbonyl (C=O) groups excluding carboxylic acids is 2. The van der Waals surface area contributed by atoms with Gasteiger partial charge in [-0.25, -0.2) is 4.98 Å². The van der Waals surface area contributed by atoms with Gasteiger partial charge in [0.1, 0.15) is 0 Å². The van der Waals surface area contributed by atoms with E-state index in [0.29, 0.717) is 35.7 Å². The van der Waals surface area contributed by atoms with Gasteiger partial charge in [0, 0.05) is 5.75 Å². The number of hydrogen-bond donors (Lipinski definition) is 2. The van der Waals surface area contributed by atoms with Crippen LogP contribution in [0.3, 0.4) is 0 Å². The maximum atomic E-state index is 13.9. The van der Waals surface area contributed by atoms with Gasteiger partial charge in [0.25, 0.3) is 5.91 Å². The first-order chi connectivity index (χ1) is 20.7. The minimum atomic E-state index is -1.07. The van der Waals surface area contributed by atoms with Crippen molar-refractivity contribution < 1.29 is 24.5 Å². The number of aromatic hydroxyl groups is 1. The zero-order valence-electron chi connectivity index (χ0n) is 23.0. The van der Waals surface area contributed by atoms with Crippen molar-refractivity contribution in [2.75, 3.05) is 12.0 Å². The summed E-state index contributed by atoms with van der Waals surface area (Å²) in [5.74, 6) is -1.35. The quantitative estimate of drug-likeness (QED) is 0.0976. The predicted octanol–water partition coefficient (Wildman–Crippen LogP) is 7.32. The van der Waals surface area contributed by atoms with Crippen molar-refractivity contribution in [3.63, 3.8) is 0 Å². The molecule has 0 fully saturated rings. The van der Waals surface area contributed by atoms with Crippen molar-refractivity contribution in [2.24, 2.45) is 0 Å². The van der Waals surface area contributed by atoms with Crippen LogP contribution in [0.5, 0.6) is 11.5 Å². The molecule has 1 aliphatic heterocycles. The molecule has 0 aliphatic carbocycles. The minimum absolute atomic E-state index is 0.114. The van der Waals surface area contributed by atoms with E-state index < -0.39 is 23.5 Å². The van der Waals surface area contributed by atoms with Gasteiger partial charge in [0.2, 0.25) is 10.9 Å². The molecule has 0 saturated carbocycles. The summed E-state index contributed by atoms with van der Waals surface area (Å²) in [6.45, 7) is 3.50. The monoisotopic (exact) mass is 694 g/mol. The van der Waals surface area contributed by atoms with E-state index in [2.05, 4.69) is 55.4 Å². The number of ketones is 1. The molecule has 2 aromatic heterocycles. The highest BCUT2D eigenvalue weighted by atomic mass is 79.9. The molecule has 0 spiro atoms. The van der Waals surface area contributed by atoms with Crippen LogP contribution in [0.4, 0.5) is 5.13 Å². The molecular weight excluding hydrogens is 672 g/mol. The topological polar surface area (TPSA) is 126 Å². The summed E-state index contributed by atoms with van der Waals surface area (Å²) < 4.78 is 6.26. The number of thioether (sulfide) groups is 1. The number of aryl methyl sites for hydroxylation is 2. The van der Waals surface area contributed by atoms with Crippen LogP contribution in [0.25, 0.3) is 10.8 Å². The molecule has 1 aliphatic rings. The number of aliphatic hydroxyl groups excluding tert-OH is 1. The molecule has 2 N–H and O–H groups in total. The molecule has 3 aromatic carbocycles. The maximum absolute atomic E-state index is 13.9. The molecule has 0 bridgehead atoms. The summed E-state index contributed by atoms with van der Waals surface area (Å²) in [6.07, 6.45) is 0. The Morgan fingerprint density at radius 3 is 2.60 bits per heavy atom. The van der Waals surface area contributed by atoms with Gasteiger partial charge in [-0.2, -0.15) is 0 Å². The highest BCUT2D eigenvalue weighted by molar-refractivity contribution is 9.10. The summed E-state index contributed by atoms with van der Waals surface area (Å²) in [7, 11) is 1.40. The van der Waals surface area contributed by atoms with Gasteiger partial charge in [0.15, 0.2) is 21.6 Å². The van der Waals surface area contributed by atoms with Gasteiger partial charge < -0.3 is 14.9 Å². The third-order valence-corrected chi connectivity index (χ3v) is 10.8. The summed E-state index contributed by atoms with van der Waals surface area (Å²) in [5, 5.41) is 33.4. The fraction of sp³-hybridized carbons (Fsp3) is 0.167. The number of carbonyl (C=O) groups is 2. The number of aliphatic hydroxyl groups is 1. The molecule has 3 heterocycles. The number of fused-ring (bicyclic) bond motifs is 1. The van der Waals surface area contributed by atoms with Crippen molar-refractivity contribution in [3.05, 3.63) is 97.1 Å². The Balaban J connectivity index is 1.39. The van der Waals surface area contributed by atoms with Crippen LogP contribution in [0.2, 0.25) is 0 Å². The fourth-order valence-electron chi connectivity index (χ4n) is 5.04. The Hall–Kier alpha value is -3.78. The van der Waals surface area contributed by atoms with Crippen molar-refractivity contribution in [1.29, 1.82) is 0 Å². The van der Waals surface area contributed by atoms with Gasteiger partial charge in [0.05, 0.1) is 38.8 Å². The molecular formula is C30H23BrN4O5S3. The lowest BCUT2D eigenvalue weighted by atomic mass is 9.95. The second-order valence-electron chi connectivity index (χ2n) is 9.65. The molecule has 13 heteroatoms. The first kappa shape index (κ1) is 29.3. The molecule has 5 aromatic rings. The van der Waals surface area contributed by atoms with Crippen molar-refractivity contribution >= 4 is 78.0 Å². The maximum Gasteiger partial charge on any atom is 0.296 e. The zero-order valence-corrected chi connectivity index (χ0v) is 27.0. The van der Waals surface area contributed by atoms with Crippen LogP contribution in [-0.2, 0) is 10.5 Å². The first-order valence-electron chi connectivity index (χ1n) is 12.9. The number of thiazole rings is 1. The molecule has 6 rings (SSSR count). The highest BCUT2D eigenvalue weighted by Crippen LogP contribution is 2.47. The normalized spacial score (nSPS) is 15.1. The number of nitrogens with zero attached hydrogens (tertiary/aromatic N) is 4. The third-order valence-electron chi connectivity index (χ3n) is 6.98. The SMILES string of the molecule is COc1cc(C2C(C(=O)c3sc(C)nc3C)=C(O)C(=O)N2c2nnc(SCc3cccc4ccccc34)s2)cc(Br)c1O. The van der Waals surface area contributed by atoms with Crippen LogP contribution in [0, 0.1) is 13.8 Å². The summed E-state index contributed by atoms with van der Waals surface area (Å²) in [6, 6.07) is 16.3. The van der Waals surface area contributed by atoms with Crippen LogP contribution in [-0.4, -0.2) is 44.2 Å². The largest absolute Gasteiger partial charge is 0.503 e. The number of anilines is 1. The molecule has 9 nitrogen and oxygen atoms in total. The number of ether oxygens (including phenoxy) is 1. The van der Waals surface area contributed by atoms with Crippen molar-refractivity contribution in [3.8, 4) is 11.5 Å². The van der Waals surface area contributed by atoms with E-state index in [9.17, 15) is 19.8 Å². The number of aromatic nitrogens is 3. The highest BCUT2D eigenvalue weighted by Gasteiger charge is 2.47. The van der Waals surface area contributed by atoms with E-state index in [4.69, 9.17) is 4.74 Å². The Morgan fingerprint density at radius 1 is 1.09 bits per heavy atom. The fourth-order valence-corrected chi connectivity index (χ4v) is 8.24. The van der Waals surface area contributed by atoms with Gasteiger partial charge >= 0.3 is 0 Å².